The van der Waals surface area contributed by atoms with Crippen molar-refractivity contribution in [1.29, 1.82) is 0 Å². The smallest absolute Gasteiger partial charge is 0.226 e. The predicted octanol–water partition coefficient (Wildman–Crippen LogP) is 1.64. The predicted molar refractivity (Wildman–Crippen MR) is 82.8 cm³/mol. The third-order valence-corrected chi connectivity index (χ3v) is 4.45. The molecule has 0 bridgehead atoms. The molecular weight excluding hydrogens is 298 g/mol. The molecule has 1 amide bonds. The Bertz CT molecular complexity index is 433. The summed E-state index contributed by atoms with van der Waals surface area (Å²) in [6, 6.07) is 0. The van der Waals surface area contributed by atoms with Crippen LogP contribution >= 0.6 is 22.9 Å². The number of likely N-dealkylation sites (N-methyl/N-ethyl adjacent to an activating group) is 1. The number of hydrogen-bond donors (Lipinski definition) is 1. The van der Waals surface area contributed by atoms with E-state index in [4.69, 9.17) is 11.6 Å². The van der Waals surface area contributed by atoms with Crippen molar-refractivity contribution in [1.82, 2.24) is 15.1 Å². The molecule has 112 valence electrons. The molecule has 1 aliphatic rings. The Morgan fingerprint density at radius 1 is 1.35 bits per heavy atom. The maximum Gasteiger partial charge on any atom is 0.226 e. The molecule has 1 N–H and O–H groups in total. The first-order valence-electron chi connectivity index (χ1n) is 6.89. The van der Waals surface area contributed by atoms with E-state index < -0.39 is 0 Å². The largest absolute Gasteiger partial charge is 0.344 e. The highest BCUT2D eigenvalue weighted by atomic mass is 35.5. The minimum absolute atomic E-state index is 0.0517. The van der Waals surface area contributed by atoms with Crippen molar-refractivity contribution < 1.29 is 4.79 Å². The molecule has 0 saturated carbocycles. The summed E-state index contributed by atoms with van der Waals surface area (Å²) in [6.07, 6.45) is 1.10. The van der Waals surface area contributed by atoms with E-state index in [2.05, 4.69) is 32.2 Å². The fraction of sp³-hybridized carbons (Fsp3) is 0.750. The first-order valence-corrected chi connectivity index (χ1v) is 8.24. The molecule has 20 heavy (non-hydrogen) atoms. The van der Waals surface area contributed by atoms with E-state index in [0.717, 1.165) is 37.9 Å². The van der Waals surface area contributed by atoms with Gasteiger partial charge in [0.25, 0.3) is 0 Å². The van der Waals surface area contributed by atoms with Crippen LogP contribution in [0.5, 0.6) is 0 Å². The number of hydrogen-bond acceptors (Lipinski definition) is 6. The number of alkyl halides is 1. The molecule has 0 aliphatic carbocycles. The second-order valence-corrected chi connectivity index (χ2v) is 5.99. The van der Waals surface area contributed by atoms with Crippen molar-refractivity contribution in [3.8, 4) is 0 Å². The van der Waals surface area contributed by atoms with Gasteiger partial charge in [-0.05, 0) is 13.0 Å². The molecule has 0 aromatic carbocycles. The fourth-order valence-electron chi connectivity index (χ4n) is 2.06. The molecule has 0 unspecified atom stereocenters. The number of anilines is 2. The number of rotatable bonds is 6. The summed E-state index contributed by atoms with van der Waals surface area (Å²) in [7, 11) is 0. The zero-order valence-corrected chi connectivity index (χ0v) is 13.2. The van der Waals surface area contributed by atoms with Crippen LogP contribution in [0.4, 0.5) is 10.3 Å². The van der Waals surface area contributed by atoms with Crippen LogP contribution in [-0.4, -0.2) is 59.6 Å². The Balaban J connectivity index is 1.84. The van der Waals surface area contributed by atoms with Gasteiger partial charge in [-0.25, -0.2) is 0 Å². The SMILES string of the molecule is CCN1CCN(c2nnc(NC(=O)CCCCl)s2)CC1. The van der Waals surface area contributed by atoms with Crippen LogP contribution in [0.25, 0.3) is 0 Å². The molecule has 1 fully saturated rings. The van der Waals surface area contributed by atoms with Crippen molar-refractivity contribution in [2.24, 2.45) is 0 Å². The Morgan fingerprint density at radius 2 is 2.10 bits per heavy atom. The van der Waals surface area contributed by atoms with Crippen LogP contribution in [0.15, 0.2) is 0 Å². The highest BCUT2D eigenvalue weighted by Gasteiger charge is 2.19. The number of nitrogens with zero attached hydrogens (tertiary/aromatic N) is 4. The van der Waals surface area contributed by atoms with Gasteiger partial charge in [-0.1, -0.05) is 18.3 Å². The molecule has 0 atom stereocenters. The maximum atomic E-state index is 11.6. The van der Waals surface area contributed by atoms with E-state index in [0.29, 0.717) is 23.9 Å². The molecule has 8 heteroatoms. The second-order valence-electron chi connectivity index (χ2n) is 4.65. The molecule has 1 aliphatic heterocycles. The summed E-state index contributed by atoms with van der Waals surface area (Å²) in [5.41, 5.74) is 0. The number of carbonyl (C=O) groups excluding carboxylic acids is 1. The van der Waals surface area contributed by atoms with Crippen LogP contribution in [0, 0.1) is 0 Å². The standard InChI is InChI=1S/C12H20ClN5OS/c1-2-17-6-8-18(9-7-17)12-16-15-11(20-12)14-10(19)4-3-5-13/h2-9H2,1H3,(H,14,15,19). The molecule has 2 rings (SSSR count). The first kappa shape index (κ1) is 15.5. The molecule has 0 radical (unpaired) electrons. The summed E-state index contributed by atoms with van der Waals surface area (Å²) in [5, 5.41) is 12.4. The Kier molecular flexibility index (Phi) is 6.00. The molecule has 2 heterocycles. The van der Waals surface area contributed by atoms with Gasteiger partial charge in [-0.2, -0.15) is 0 Å². The minimum atomic E-state index is -0.0517. The van der Waals surface area contributed by atoms with Crippen molar-refractivity contribution in [2.45, 2.75) is 19.8 Å². The van der Waals surface area contributed by atoms with Gasteiger partial charge in [-0.15, -0.1) is 21.8 Å². The van der Waals surface area contributed by atoms with Crippen LogP contribution in [-0.2, 0) is 4.79 Å². The highest BCUT2D eigenvalue weighted by Crippen LogP contribution is 2.25. The average molecular weight is 318 g/mol. The molecule has 0 spiro atoms. The number of halogens is 1. The van der Waals surface area contributed by atoms with Crippen LogP contribution < -0.4 is 10.2 Å². The van der Waals surface area contributed by atoms with Gasteiger partial charge in [0, 0.05) is 38.5 Å². The summed E-state index contributed by atoms with van der Waals surface area (Å²) in [5.74, 6) is 0.445. The average Bonchev–Trinajstić information content (AvgIpc) is 2.93. The molecule has 1 aromatic rings. The number of aromatic nitrogens is 2. The summed E-state index contributed by atoms with van der Waals surface area (Å²) in [6.45, 7) is 7.28. The Morgan fingerprint density at radius 3 is 2.75 bits per heavy atom. The van der Waals surface area contributed by atoms with Gasteiger partial charge >= 0.3 is 0 Å². The maximum absolute atomic E-state index is 11.6. The monoisotopic (exact) mass is 317 g/mol. The molecular formula is C12H20ClN5OS. The van der Waals surface area contributed by atoms with E-state index >= 15 is 0 Å². The number of amides is 1. The number of carbonyl (C=O) groups is 1. The lowest BCUT2D eigenvalue weighted by atomic mass is 10.3. The minimum Gasteiger partial charge on any atom is -0.344 e. The van der Waals surface area contributed by atoms with E-state index in [1.807, 2.05) is 0 Å². The third-order valence-electron chi connectivity index (χ3n) is 3.29. The van der Waals surface area contributed by atoms with Gasteiger partial charge < -0.3 is 15.1 Å². The zero-order valence-electron chi connectivity index (χ0n) is 11.6. The lowest BCUT2D eigenvalue weighted by molar-refractivity contribution is -0.116. The van der Waals surface area contributed by atoms with Gasteiger partial charge in [0.15, 0.2) is 0 Å². The van der Waals surface area contributed by atoms with Crippen LogP contribution in [0.1, 0.15) is 19.8 Å². The van der Waals surface area contributed by atoms with Gasteiger partial charge in [0.05, 0.1) is 0 Å². The Hall–Kier alpha value is -0.920. The summed E-state index contributed by atoms with van der Waals surface area (Å²) >= 11 is 6.99. The van der Waals surface area contributed by atoms with Gasteiger partial charge in [-0.3, -0.25) is 4.79 Å². The van der Waals surface area contributed by atoms with E-state index in [1.54, 1.807) is 0 Å². The first-order chi connectivity index (χ1) is 9.72. The highest BCUT2D eigenvalue weighted by molar-refractivity contribution is 7.19. The second kappa shape index (κ2) is 7.75. The molecule has 1 aromatic heterocycles. The van der Waals surface area contributed by atoms with Crippen LogP contribution in [0.2, 0.25) is 0 Å². The van der Waals surface area contributed by atoms with Gasteiger partial charge in [0.2, 0.25) is 16.2 Å². The topological polar surface area (TPSA) is 61.4 Å². The van der Waals surface area contributed by atoms with Crippen molar-refractivity contribution in [3.05, 3.63) is 0 Å². The van der Waals surface area contributed by atoms with E-state index in [1.165, 1.54) is 11.3 Å². The Labute approximate surface area is 128 Å². The number of nitrogens with one attached hydrogen (secondary N) is 1. The van der Waals surface area contributed by atoms with Crippen LogP contribution in [0.3, 0.4) is 0 Å². The lowest BCUT2D eigenvalue weighted by Gasteiger charge is -2.33. The quantitative estimate of drug-likeness (QED) is 0.808. The normalized spacial score (nSPS) is 16.4. The van der Waals surface area contributed by atoms with Crippen molar-refractivity contribution in [2.75, 3.05) is 48.8 Å². The van der Waals surface area contributed by atoms with Crippen molar-refractivity contribution >= 4 is 39.1 Å². The fourth-order valence-corrected chi connectivity index (χ4v) is 3.00. The molecule has 1 saturated heterocycles. The third kappa shape index (κ3) is 4.29. The number of piperazine rings is 1. The van der Waals surface area contributed by atoms with E-state index in [-0.39, 0.29) is 5.91 Å². The lowest BCUT2D eigenvalue weighted by Crippen LogP contribution is -2.46. The zero-order chi connectivity index (χ0) is 14.4. The van der Waals surface area contributed by atoms with Gasteiger partial charge in [0.1, 0.15) is 0 Å². The van der Waals surface area contributed by atoms with Crippen molar-refractivity contribution in [3.63, 3.8) is 0 Å². The summed E-state index contributed by atoms with van der Waals surface area (Å²) < 4.78 is 0. The van der Waals surface area contributed by atoms with E-state index in [9.17, 15) is 4.79 Å². The summed E-state index contributed by atoms with van der Waals surface area (Å²) in [4.78, 5) is 16.2. The molecule has 6 nitrogen and oxygen atoms in total.